The van der Waals surface area contributed by atoms with Crippen LogP contribution in [0, 0.1) is 31.6 Å². The molecule has 6 nitrogen and oxygen atoms in total. The van der Waals surface area contributed by atoms with E-state index >= 15 is 0 Å². The summed E-state index contributed by atoms with van der Waals surface area (Å²) in [5.74, 6) is 1.87. The fourth-order valence-corrected chi connectivity index (χ4v) is 7.98. The molecular weight excluding hydrogens is 631 g/mol. The van der Waals surface area contributed by atoms with Gasteiger partial charge in [-0.15, -0.1) is 0 Å². The number of hydrogen-bond donors (Lipinski definition) is 3. The molecule has 2 aromatic carbocycles. The fourth-order valence-electron chi connectivity index (χ4n) is 5.95. The number of hydrogen-bond acceptors (Lipinski definition) is 4. The Balaban J connectivity index is 0.000000394. The van der Waals surface area contributed by atoms with E-state index in [1.165, 1.54) is 56.9 Å². The third-order valence-corrected chi connectivity index (χ3v) is 11.6. The first-order valence-corrected chi connectivity index (χ1v) is 18.7. The molecule has 1 heterocycles. The molecule has 0 spiro atoms. The van der Waals surface area contributed by atoms with Crippen molar-refractivity contribution in [2.24, 2.45) is 17.8 Å². The summed E-state index contributed by atoms with van der Waals surface area (Å²) in [6, 6.07) is 11.0. The van der Waals surface area contributed by atoms with Crippen LogP contribution in [0.1, 0.15) is 122 Å². The number of rotatable bonds is 17. The second kappa shape index (κ2) is 19.2. The van der Waals surface area contributed by atoms with Gasteiger partial charge in [-0.2, -0.15) is 0 Å². The molecule has 3 rings (SSSR count). The Labute approximate surface area is 278 Å². The van der Waals surface area contributed by atoms with Crippen molar-refractivity contribution < 1.29 is 29.6 Å². The molecular formula is C38H58O6Se. The minimum atomic E-state index is -1.07. The standard InChI is InChI=1S/C28H48O2.C10H10O4Se/c1-20(2)11-8-12-21(3)13-9-14-22(4)15-10-17-28(7)18-16-25-19-26(29)23(5)24(6)27(25)30-28;11-9(12)6-8(10(13)14)15-7-4-2-1-3-5-7/h19-22,29H,8-18H2,1-7H3;1-5,8H,6H2,(H,11,12)(H,13,14)/t21?,22?,28-;/m1./s1. The van der Waals surface area contributed by atoms with E-state index in [9.17, 15) is 14.7 Å². The molecule has 0 bridgehead atoms. The Kier molecular flexibility index (Phi) is 16.5. The Morgan fingerprint density at radius 3 is 2.02 bits per heavy atom. The normalized spacial score (nSPS) is 17.8. The molecule has 0 saturated heterocycles. The van der Waals surface area contributed by atoms with Gasteiger partial charge in [0.05, 0.1) is 0 Å². The number of carboxylic acids is 2. The predicted molar refractivity (Wildman–Crippen MR) is 185 cm³/mol. The molecule has 0 radical (unpaired) electrons. The molecule has 252 valence electrons. The predicted octanol–water partition coefficient (Wildman–Crippen LogP) is 8.90. The van der Waals surface area contributed by atoms with E-state index in [0.29, 0.717) is 5.75 Å². The molecule has 0 amide bonds. The fraction of sp³-hybridized carbons (Fsp3) is 0.632. The third-order valence-electron chi connectivity index (χ3n) is 9.09. The van der Waals surface area contributed by atoms with Gasteiger partial charge in [-0.25, -0.2) is 0 Å². The zero-order valence-corrected chi connectivity index (χ0v) is 30.4. The summed E-state index contributed by atoms with van der Waals surface area (Å²) >= 11 is -0.342. The monoisotopic (exact) mass is 690 g/mol. The van der Waals surface area contributed by atoms with Crippen molar-refractivity contribution in [1.29, 1.82) is 0 Å². The third kappa shape index (κ3) is 14.2. The Morgan fingerprint density at radius 1 is 0.889 bits per heavy atom. The van der Waals surface area contributed by atoms with E-state index < -0.39 is 16.8 Å². The van der Waals surface area contributed by atoms with Crippen molar-refractivity contribution in [3.8, 4) is 11.5 Å². The van der Waals surface area contributed by atoms with Gasteiger partial charge in [0.2, 0.25) is 0 Å². The molecule has 3 unspecified atom stereocenters. The van der Waals surface area contributed by atoms with Crippen molar-refractivity contribution in [3.63, 3.8) is 0 Å². The van der Waals surface area contributed by atoms with Crippen LogP contribution in [0.4, 0.5) is 0 Å². The number of carboxylic acid groups (broad SMARTS) is 2. The number of phenolic OH excluding ortho intramolecular Hbond substituents is 1. The van der Waals surface area contributed by atoms with Crippen LogP contribution in [0.5, 0.6) is 11.5 Å². The summed E-state index contributed by atoms with van der Waals surface area (Å²) in [4.78, 5) is 20.4. The second-order valence-electron chi connectivity index (χ2n) is 13.9. The van der Waals surface area contributed by atoms with Gasteiger partial charge in [0.15, 0.2) is 0 Å². The Bertz CT molecular complexity index is 1200. The van der Waals surface area contributed by atoms with Gasteiger partial charge in [-0.05, 0) is 87.0 Å². The van der Waals surface area contributed by atoms with Gasteiger partial charge in [0.25, 0.3) is 0 Å². The van der Waals surface area contributed by atoms with Crippen LogP contribution < -0.4 is 9.20 Å². The number of aryl methyl sites for hydroxylation is 1. The van der Waals surface area contributed by atoms with E-state index in [-0.39, 0.29) is 27.0 Å². The number of benzene rings is 2. The number of aliphatic carboxylic acids is 2. The van der Waals surface area contributed by atoms with Crippen LogP contribution in [0.25, 0.3) is 0 Å². The van der Waals surface area contributed by atoms with Crippen LogP contribution in [0.15, 0.2) is 36.4 Å². The van der Waals surface area contributed by atoms with Gasteiger partial charge < -0.3 is 9.84 Å². The number of fused-ring (bicyclic) bond motifs is 1. The summed E-state index contributed by atoms with van der Waals surface area (Å²) in [6.45, 7) is 15.9. The quantitative estimate of drug-likeness (QED) is 0.143. The summed E-state index contributed by atoms with van der Waals surface area (Å²) < 4.78 is 7.43. The van der Waals surface area contributed by atoms with Crippen LogP contribution in [-0.2, 0) is 16.0 Å². The summed E-state index contributed by atoms with van der Waals surface area (Å²) in [5, 5.41) is 27.5. The van der Waals surface area contributed by atoms with Crippen LogP contribution in [-0.4, -0.2) is 47.8 Å². The number of aromatic hydroxyl groups is 1. The van der Waals surface area contributed by atoms with E-state index in [2.05, 4.69) is 41.5 Å². The molecule has 7 heteroatoms. The van der Waals surface area contributed by atoms with Gasteiger partial charge in [0.1, 0.15) is 17.1 Å². The Hall–Kier alpha value is -2.50. The van der Waals surface area contributed by atoms with Crippen molar-refractivity contribution in [2.75, 3.05) is 0 Å². The van der Waals surface area contributed by atoms with Crippen molar-refractivity contribution >= 4 is 31.4 Å². The second-order valence-corrected chi connectivity index (χ2v) is 16.6. The van der Waals surface area contributed by atoms with E-state index in [1.807, 2.05) is 43.3 Å². The van der Waals surface area contributed by atoms with Crippen molar-refractivity contribution in [3.05, 3.63) is 53.1 Å². The molecule has 1 aliphatic rings. The molecule has 4 atom stereocenters. The first-order valence-electron chi connectivity index (χ1n) is 16.9. The maximum absolute atomic E-state index is 10.8. The first-order chi connectivity index (χ1) is 21.2. The van der Waals surface area contributed by atoms with Gasteiger partial charge in [0, 0.05) is 0 Å². The molecule has 0 aromatic heterocycles. The summed E-state index contributed by atoms with van der Waals surface area (Å²) in [5.41, 5.74) is 3.16. The summed E-state index contributed by atoms with van der Waals surface area (Å²) in [6.07, 6.45) is 13.7. The molecule has 2 aromatic rings. The zero-order chi connectivity index (χ0) is 33.6. The molecule has 3 N–H and O–H groups in total. The van der Waals surface area contributed by atoms with Gasteiger partial charge >= 0.3 is 92.7 Å². The Morgan fingerprint density at radius 2 is 1.47 bits per heavy atom. The topological polar surface area (TPSA) is 104 Å². The molecule has 0 saturated carbocycles. The van der Waals surface area contributed by atoms with Gasteiger partial charge in [-0.3, -0.25) is 0 Å². The maximum atomic E-state index is 10.8. The summed E-state index contributed by atoms with van der Waals surface area (Å²) in [7, 11) is 0. The minimum absolute atomic E-state index is 0.0637. The number of carbonyl (C=O) groups is 2. The molecule has 45 heavy (non-hydrogen) atoms. The molecule has 1 aliphatic heterocycles. The van der Waals surface area contributed by atoms with Gasteiger partial charge in [-0.1, -0.05) is 72.6 Å². The van der Waals surface area contributed by atoms with Crippen LogP contribution in [0.2, 0.25) is 4.82 Å². The number of ether oxygens (including phenoxy) is 1. The van der Waals surface area contributed by atoms with E-state index in [4.69, 9.17) is 14.9 Å². The van der Waals surface area contributed by atoms with Crippen LogP contribution in [0.3, 0.4) is 0 Å². The average molecular weight is 690 g/mol. The zero-order valence-electron chi connectivity index (χ0n) is 28.7. The van der Waals surface area contributed by atoms with E-state index in [1.54, 1.807) is 0 Å². The van der Waals surface area contributed by atoms with E-state index in [0.717, 1.165) is 58.4 Å². The van der Waals surface area contributed by atoms with Crippen molar-refractivity contribution in [2.45, 2.75) is 136 Å². The first kappa shape index (κ1) is 38.7. The van der Waals surface area contributed by atoms with Crippen LogP contribution >= 0.6 is 0 Å². The molecule has 0 fully saturated rings. The average Bonchev–Trinajstić information content (AvgIpc) is 2.97. The SMILES string of the molecule is Cc1c(O)cc2c(c1C)O[C@](C)(CCCC(C)CCCC(C)CCCC(C)C)CC2.O=C(O)CC([Se]c1ccccc1)C(=O)O. The molecule has 0 aliphatic carbocycles. The number of phenols is 1. The van der Waals surface area contributed by atoms with Crippen molar-refractivity contribution in [1.82, 2.24) is 0 Å².